The lowest BCUT2D eigenvalue weighted by molar-refractivity contribution is -0.150. The normalized spacial score (nSPS) is 21.0. The molecule has 290 valence electrons. The van der Waals surface area contributed by atoms with E-state index in [1.165, 1.54) is 6.92 Å². The van der Waals surface area contributed by atoms with E-state index in [2.05, 4.69) is 37.5 Å². The van der Waals surface area contributed by atoms with Crippen molar-refractivity contribution >= 4 is 42.4 Å². The smallest absolute Gasteiger partial charge is 0.264 e. The number of benzene rings is 4. The first-order valence-electron chi connectivity index (χ1n) is 18.7. The van der Waals surface area contributed by atoms with Crippen molar-refractivity contribution in [2.75, 3.05) is 37.6 Å². The zero-order valence-electron chi connectivity index (χ0n) is 32.3. The summed E-state index contributed by atoms with van der Waals surface area (Å²) in [4.78, 5) is 45.1. The van der Waals surface area contributed by atoms with E-state index >= 15 is 4.79 Å². The maximum Gasteiger partial charge on any atom is 0.264 e. The number of fused-ring (bicyclic) bond motifs is 2. The van der Waals surface area contributed by atoms with Gasteiger partial charge in [0.05, 0.1) is 53.7 Å². The van der Waals surface area contributed by atoms with E-state index in [4.69, 9.17) is 14.2 Å². The number of rotatable bonds is 14. The fourth-order valence-electron chi connectivity index (χ4n) is 8.42. The highest BCUT2D eigenvalue weighted by Crippen LogP contribution is 2.60. The summed E-state index contributed by atoms with van der Waals surface area (Å²) in [5.74, 6) is 0.0904. The molecule has 2 aliphatic rings. The second-order valence-electron chi connectivity index (χ2n) is 15.0. The van der Waals surface area contributed by atoms with Crippen LogP contribution in [0.5, 0.6) is 11.5 Å². The molecule has 3 N–H and O–H groups in total. The Morgan fingerprint density at radius 2 is 1.60 bits per heavy atom. The second-order valence-corrected chi connectivity index (χ2v) is 19.7. The van der Waals surface area contributed by atoms with Crippen LogP contribution in [0, 0.1) is 5.92 Å². The van der Waals surface area contributed by atoms with Crippen LogP contribution >= 0.6 is 0 Å². The summed E-state index contributed by atoms with van der Waals surface area (Å²) in [7, 11) is 0.677. The van der Waals surface area contributed by atoms with Crippen molar-refractivity contribution < 1.29 is 38.8 Å². The van der Waals surface area contributed by atoms with Crippen LogP contribution in [-0.2, 0) is 37.8 Å². The third-order valence-corrected chi connectivity index (χ3v) is 15.7. The summed E-state index contributed by atoms with van der Waals surface area (Å²) in [5, 5.41) is 23.5. The van der Waals surface area contributed by atoms with Crippen molar-refractivity contribution in [3.63, 3.8) is 0 Å². The quantitative estimate of drug-likeness (QED) is 0.149. The minimum absolute atomic E-state index is 0.0302. The van der Waals surface area contributed by atoms with Crippen LogP contribution in [0.15, 0.2) is 97.1 Å². The molecule has 4 aromatic rings. The Hall–Kier alpha value is -5.01. The van der Waals surface area contributed by atoms with Crippen LogP contribution in [0.25, 0.3) is 0 Å². The van der Waals surface area contributed by atoms with Crippen LogP contribution < -0.4 is 24.9 Å². The van der Waals surface area contributed by atoms with Crippen molar-refractivity contribution in [1.82, 2.24) is 4.90 Å². The standard InChI is InChI=1S/C43H51N3O8Si/c1-28-40(55(5,6)35-19-16-33(52-3)17-20-35)38(25-39(49)45(22-23-47)26-30-10-8-7-9-11-30)54-43(28)36-24-34(53-4)18-21-37(36)46(42(43)51)27-31-12-14-32(15-13-31)44-41(50)29(2)48/h7-21,24,28-29,38,40,47-48H,22-23,25-27H2,1-6H3,(H,44,50)/t28-,29+,38+,40-,43+/m1/s1. The number of nitrogens with zero attached hydrogens (tertiary/aromatic N) is 2. The molecule has 11 nitrogen and oxygen atoms in total. The highest BCUT2D eigenvalue weighted by atomic mass is 28.3. The van der Waals surface area contributed by atoms with Gasteiger partial charge in [-0.1, -0.05) is 79.8 Å². The molecule has 3 amide bonds. The predicted octanol–water partition coefficient (Wildman–Crippen LogP) is 5.20. The van der Waals surface area contributed by atoms with Crippen LogP contribution in [0.2, 0.25) is 18.6 Å². The summed E-state index contributed by atoms with van der Waals surface area (Å²) in [5.41, 5.74) is 2.10. The number of ether oxygens (including phenoxy) is 3. The van der Waals surface area contributed by atoms with Crippen molar-refractivity contribution in [2.24, 2.45) is 5.92 Å². The van der Waals surface area contributed by atoms with Crippen molar-refractivity contribution in [1.29, 1.82) is 0 Å². The average molecular weight is 766 g/mol. The largest absolute Gasteiger partial charge is 0.497 e. The van der Waals surface area contributed by atoms with Crippen molar-refractivity contribution in [3.05, 3.63) is 114 Å². The van der Waals surface area contributed by atoms with Gasteiger partial charge < -0.3 is 39.5 Å². The van der Waals surface area contributed by atoms with Gasteiger partial charge in [0.2, 0.25) is 5.91 Å². The third-order valence-electron chi connectivity index (χ3n) is 11.3. The van der Waals surface area contributed by atoms with E-state index in [0.717, 1.165) is 22.1 Å². The summed E-state index contributed by atoms with van der Waals surface area (Å²) in [6.07, 6.45) is -1.74. The molecule has 4 aromatic carbocycles. The van der Waals surface area contributed by atoms with E-state index < -0.39 is 31.8 Å². The van der Waals surface area contributed by atoms with Gasteiger partial charge in [-0.15, -0.1) is 0 Å². The van der Waals surface area contributed by atoms with Gasteiger partial charge in [-0.2, -0.15) is 0 Å². The monoisotopic (exact) mass is 765 g/mol. The molecule has 0 bridgehead atoms. The summed E-state index contributed by atoms with van der Waals surface area (Å²) >= 11 is 0. The molecule has 2 aliphatic heterocycles. The van der Waals surface area contributed by atoms with E-state index in [1.807, 2.05) is 72.8 Å². The molecule has 2 heterocycles. The summed E-state index contributed by atoms with van der Waals surface area (Å²) < 4.78 is 18.4. The Morgan fingerprint density at radius 3 is 2.22 bits per heavy atom. The Morgan fingerprint density at radius 1 is 0.945 bits per heavy atom. The minimum Gasteiger partial charge on any atom is -0.497 e. The lowest BCUT2D eigenvalue weighted by Gasteiger charge is -2.37. The van der Waals surface area contributed by atoms with E-state index in [0.29, 0.717) is 29.2 Å². The number of hydrogen-bond donors (Lipinski definition) is 3. The molecule has 12 heteroatoms. The van der Waals surface area contributed by atoms with Gasteiger partial charge in [-0.05, 0) is 66.1 Å². The highest BCUT2D eigenvalue weighted by molar-refractivity contribution is 6.91. The number of anilines is 2. The Bertz CT molecular complexity index is 1990. The van der Waals surface area contributed by atoms with Gasteiger partial charge in [0.25, 0.3) is 11.8 Å². The van der Waals surface area contributed by atoms with E-state index in [-0.39, 0.29) is 49.4 Å². The summed E-state index contributed by atoms with van der Waals surface area (Å²) in [6.45, 7) is 8.57. The maximum atomic E-state index is 15.2. The van der Waals surface area contributed by atoms with Crippen LogP contribution in [-0.4, -0.2) is 80.5 Å². The first kappa shape index (κ1) is 39.7. The molecular weight excluding hydrogens is 715 g/mol. The molecule has 0 unspecified atom stereocenters. The first-order chi connectivity index (χ1) is 26.3. The molecule has 0 saturated carbocycles. The minimum atomic E-state index is -2.55. The van der Waals surface area contributed by atoms with Gasteiger partial charge in [-0.25, -0.2) is 0 Å². The topological polar surface area (TPSA) is 138 Å². The van der Waals surface area contributed by atoms with Gasteiger partial charge >= 0.3 is 0 Å². The number of hydrogen-bond acceptors (Lipinski definition) is 8. The Labute approximate surface area is 323 Å². The number of aliphatic hydroxyl groups excluding tert-OH is 2. The Balaban J connectivity index is 1.40. The number of methoxy groups -OCH3 is 2. The molecular formula is C43H51N3O8Si. The Kier molecular flexibility index (Phi) is 11.8. The second kappa shape index (κ2) is 16.4. The molecule has 0 radical (unpaired) electrons. The van der Waals surface area contributed by atoms with Crippen LogP contribution in [0.1, 0.15) is 37.0 Å². The molecule has 55 heavy (non-hydrogen) atoms. The third kappa shape index (κ3) is 7.77. The fraction of sp³-hybridized carbons (Fsp3) is 0.372. The van der Waals surface area contributed by atoms with Gasteiger partial charge in [0.1, 0.15) is 17.6 Å². The molecule has 5 atom stereocenters. The number of nitrogens with one attached hydrogen (secondary N) is 1. The van der Waals surface area contributed by atoms with Gasteiger partial charge in [0, 0.05) is 30.3 Å². The lowest BCUT2D eigenvalue weighted by Crippen LogP contribution is -2.52. The first-order valence-corrected chi connectivity index (χ1v) is 21.7. The van der Waals surface area contributed by atoms with Crippen LogP contribution in [0.3, 0.4) is 0 Å². The SMILES string of the molecule is COc1ccc([Si](C)(C)[C@H]2[C@H](CC(=O)N(CCO)Cc3ccccc3)O[C@@]3(C(=O)N(Cc4ccc(NC(=O)[C@H](C)O)cc4)c4ccc(OC)cc43)[C@@H]2C)cc1. The number of aliphatic hydroxyl groups is 2. The lowest BCUT2D eigenvalue weighted by atomic mass is 9.82. The molecule has 0 aromatic heterocycles. The summed E-state index contributed by atoms with van der Waals surface area (Å²) in [6, 6.07) is 30.5. The zero-order valence-corrected chi connectivity index (χ0v) is 33.3. The van der Waals surface area contributed by atoms with Crippen LogP contribution in [0.4, 0.5) is 11.4 Å². The molecule has 1 saturated heterocycles. The highest BCUT2D eigenvalue weighted by Gasteiger charge is 2.66. The zero-order chi connectivity index (χ0) is 39.5. The number of amides is 3. The van der Waals surface area contributed by atoms with Crippen molar-refractivity contribution in [2.45, 2.75) is 69.8 Å². The number of carbonyl (C=O) groups excluding carboxylic acids is 3. The fourth-order valence-corrected chi connectivity index (χ4v) is 12.4. The van der Waals surface area contributed by atoms with Gasteiger partial charge in [-0.3, -0.25) is 14.4 Å². The van der Waals surface area contributed by atoms with Gasteiger partial charge in [0.15, 0.2) is 5.60 Å². The molecule has 6 rings (SSSR count). The maximum absolute atomic E-state index is 15.2. The molecule has 1 spiro atoms. The average Bonchev–Trinajstić information content (AvgIpc) is 3.61. The molecule has 0 aliphatic carbocycles. The van der Waals surface area contributed by atoms with E-state index in [1.54, 1.807) is 36.2 Å². The van der Waals surface area contributed by atoms with E-state index in [9.17, 15) is 19.8 Å². The number of carbonyl (C=O) groups is 3. The molecule has 1 fully saturated rings. The predicted molar refractivity (Wildman–Crippen MR) is 214 cm³/mol. The van der Waals surface area contributed by atoms with Crippen molar-refractivity contribution in [3.8, 4) is 11.5 Å².